The van der Waals surface area contributed by atoms with Crippen molar-refractivity contribution >= 4 is 29.2 Å². The van der Waals surface area contributed by atoms with Gasteiger partial charge in [0.1, 0.15) is 11.0 Å². The lowest BCUT2D eigenvalue weighted by Gasteiger charge is -2.17. The summed E-state index contributed by atoms with van der Waals surface area (Å²) in [5.41, 5.74) is 3.74. The SMILES string of the molecule is CC(C)c1c(C=CC(O)CC(=O)O)c(-c2ccc(F)cc2)nn2c(Cl)ccc12. The van der Waals surface area contributed by atoms with Crippen LogP contribution < -0.4 is 0 Å². The van der Waals surface area contributed by atoms with Crippen molar-refractivity contribution in [3.8, 4) is 11.3 Å². The van der Waals surface area contributed by atoms with E-state index in [1.807, 2.05) is 19.9 Å². The van der Waals surface area contributed by atoms with Gasteiger partial charge in [-0.25, -0.2) is 8.91 Å². The number of nitrogens with zero attached hydrogens (tertiary/aromatic N) is 2. The van der Waals surface area contributed by atoms with E-state index < -0.39 is 18.5 Å². The van der Waals surface area contributed by atoms with Gasteiger partial charge in [-0.3, -0.25) is 4.79 Å². The number of aliphatic hydroxyl groups is 1. The second-order valence-corrected chi connectivity index (χ2v) is 7.20. The fourth-order valence-corrected chi connectivity index (χ4v) is 3.37. The van der Waals surface area contributed by atoms with Crippen LogP contribution in [-0.2, 0) is 4.79 Å². The van der Waals surface area contributed by atoms with Crippen molar-refractivity contribution in [2.24, 2.45) is 0 Å². The quantitative estimate of drug-likeness (QED) is 0.623. The number of rotatable bonds is 6. The molecule has 146 valence electrons. The Hall–Kier alpha value is -2.70. The minimum absolute atomic E-state index is 0.0898. The number of aliphatic carboxylic acids is 1. The molecule has 0 bridgehead atoms. The fraction of sp³-hybridized carbons (Fsp3) is 0.238. The van der Waals surface area contributed by atoms with Gasteiger partial charge >= 0.3 is 5.97 Å². The van der Waals surface area contributed by atoms with Gasteiger partial charge in [0.2, 0.25) is 0 Å². The van der Waals surface area contributed by atoms with Crippen molar-refractivity contribution < 1.29 is 19.4 Å². The topological polar surface area (TPSA) is 74.8 Å². The molecular formula is C21H20ClFN2O3. The number of aliphatic hydroxyl groups excluding tert-OH is 1. The van der Waals surface area contributed by atoms with Gasteiger partial charge in [0.25, 0.3) is 0 Å². The van der Waals surface area contributed by atoms with Gasteiger partial charge in [-0.2, -0.15) is 5.10 Å². The molecule has 0 aliphatic heterocycles. The molecule has 0 spiro atoms. The Morgan fingerprint density at radius 3 is 2.54 bits per heavy atom. The molecule has 2 heterocycles. The molecule has 28 heavy (non-hydrogen) atoms. The third kappa shape index (κ3) is 4.08. The summed E-state index contributed by atoms with van der Waals surface area (Å²) in [5, 5.41) is 23.9. The van der Waals surface area contributed by atoms with Crippen LogP contribution in [0.3, 0.4) is 0 Å². The van der Waals surface area contributed by atoms with E-state index in [9.17, 15) is 14.3 Å². The van der Waals surface area contributed by atoms with Gasteiger partial charge in [-0.15, -0.1) is 0 Å². The largest absolute Gasteiger partial charge is 0.481 e. The smallest absolute Gasteiger partial charge is 0.306 e. The Kier molecular flexibility index (Phi) is 5.82. The van der Waals surface area contributed by atoms with E-state index in [4.69, 9.17) is 16.7 Å². The Bertz CT molecular complexity index is 1040. The van der Waals surface area contributed by atoms with E-state index >= 15 is 0 Å². The van der Waals surface area contributed by atoms with Crippen molar-refractivity contribution in [1.82, 2.24) is 9.61 Å². The Morgan fingerprint density at radius 1 is 1.25 bits per heavy atom. The first kappa shape index (κ1) is 20.0. The number of carboxylic acid groups (broad SMARTS) is 1. The van der Waals surface area contributed by atoms with Crippen LogP contribution in [0.2, 0.25) is 5.15 Å². The maximum Gasteiger partial charge on any atom is 0.306 e. The van der Waals surface area contributed by atoms with Crippen molar-refractivity contribution in [3.63, 3.8) is 0 Å². The van der Waals surface area contributed by atoms with Crippen LogP contribution in [0.15, 0.2) is 42.5 Å². The predicted octanol–water partition coefficient (Wildman–Crippen LogP) is 4.77. The summed E-state index contributed by atoms with van der Waals surface area (Å²) in [6.45, 7) is 4.05. The lowest BCUT2D eigenvalue weighted by molar-refractivity contribution is -0.138. The zero-order valence-electron chi connectivity index (χ0n) is 15.4. The molecule has 2 aromatic heterocycles. The molecule has 1 unspecified atom stereocenters. The molecule has 0 radical (unpaired) electrons. The molecular weight excluding hydrogens is 383 g/mol. The van der Waals surface area contributed by atoms with Crippen LogP contribution in [0.5, 0.6) is 0 Å². The Balaban J connectivity index is 2.26. The van der Waals surface area contributed by atoms with Crippen LogP contribution >= 0.6 is 11.6 Å². The molecule has 3 aromatic rings. The first-order chi connectivity index (χ1) is 13.3. The number of hydrogen-bond acceptors (Lipinski definition) is 3. The van der Waals surface area contributed by atoms with Gasteiger partial charge in [-0.1, -0.05) is 37.6 Å². The maximum absolute atomic E-state index is 13.4. The van der Waals surface area contributed by atoms with Crippen molar-refractivity contribution in [2.45, 2.75) is 32.3 Å². The molecule has 0 fully saturated rings. The number of carbonyl (C=O) groups is 1. The number of aromatic nitrogens is 2. The van der Waals surface area contributed by atoms with Gasteiger partial charge in [0, 0.05) is 11.1 Å². The molecule has 0 aliphatic carbocycles. The van der Waals surface area contributed by atoms with E-state index in [2.05, 4.69) is 5.10 Å². The number of hydrogen-bond donors (Lipinski definition) is 2. The highest BCUT2D eigenvalue weighted by atomic mass is 35.5. The van der Waals surface area contributed by atoms with Gasteiger partial charge < -0.3 is 10.2 Å². The standard InChI is InChI=1S/C21H20ClFN2O3/c1-12(2)20-16(8-7-15(26)11-19(27)28)21(13-3-5-14(23)6-4-13)24-25-17(20)9-10-18(25)22/h3-10,12,15,26H,11H2,1-2H3,(H,27,28). The summed E-state index contributed by atoms with van der Waals surface area (Å²) in [6.07, 6.45) is 1.58. The fourth-order valence-electron chi connectivity index (χ4n) is 3.18. The molecule has 1 aromatic carbocycles. The third-order valence-corrected chi connectivity index (χ3v) is 4.68. The summed E-state index contributed by atoms with van der Waals surface area (Å²) in [6, 6.07) is 9.55. The molecule has 0 saturated carbocycles. The third-order valence-electron chi connectivity index (χ3n) is 4.39. The zero-order chi connectivity index (χ0) is 20.4. The zero-order valence-corrected chi connectivity index (χ0v) is 16.2. The second-order valence-electron chi connectivity index (χ2n) is 6.81. The average molecular weight is 403 g/mol. The molecule has 0 saturated heterocycles. The first-order valence-corrected chi connectivity index (χ1v) is 9.21. The summed E-state index contributed by atoms with van der Waals surface area (Å²) in [4.78, 5) is 10.8. The highest BCUT2D eigenvalue weighted by Gasteiger charge is 2.19. The molecule has 3 rings (SSSR count). The van der Waals surface area contributed by atoms with E-state index in [0.717, 1.165) is 16.6 Å². The van der Waals surface area contributed by atoms with Crippen molar-refractivity contribution in [2.75, 3.05) is 0 Å². The Morgan fingerprint density at radius 2 is 1.93 bits per heavy atom. The van der Waals surface area contributed by atoms with Crippen LogP contribution in [0.25, 0.3) is 22.9 Å². The normalized spacial score (nSPS) is 12.9. The summed E-state index contributed by atoms with van der Waals surface area (Å²) < 4.78 is 15.0. The van der Waals surface area contributed by atoms with E-state index in [0.29, 0.717) is 16.4 Å². The number of fused-ring (bicyclic) bond motifs is 1. The summed E-state index contributed by atoms with van der Waals surface area (Å²) in [5.74, 6) is -1.36. The monoisotopic (exact) mass is 402 g/mol. The predicted molar refractivity (Wildman–Crippen MR) is 107 cm³/mol. The molecule has 5 nitrogen and oxygen atoms in total. The number of carboxylic acids is 1. The van der Waals surface area contributed by atoms with Crippen LogP contribution in [0.4, 0.5) is 4.39 Å². The van der Waals surface area contributed by atoms with Crippen LogP contribution in [0.1, 0.15) is 37.3 Å². The minimum Gasteiger partial charge on any atom is -0.481 e. The molecule has 0 aliphatic rings. The van der Waals surface area contributed by atoms with Crippen molar-refractivity contribution in [1.29, 1.82) is 0 Å². The lowest BCUT2D eigenvalue weighted by atomic mass is 9.93. The Labute approximate surface area is 166 Å². The van der Waals surface area contributed by atoms with Crippen LogP contribution in [-0.4, -0.2) is 31.9 Å². The lowest BCUT2D eigenvalue weighted by Crippen LogP contribution is -2.10. The highest BCUT2D eigenvalue weighted by molar-refractivity contribution is 6.30. The summed E-state index contributed by atoms with van der Waals surface area (Å²) >= 11 is 6.29. The average Bonchev–Trinajstić information content (AvgIpc) is 2.99. The minimum atomic E-state index is -1.13. The molecule has 2 N–H and O–H groups in total. The van der Waals surface area contributed by atoms with E-state index in [1.165, 1.54) is 18.2 Å². The maximum atomic E-state index is 13.4. The van der Waals surface area contributed by atoms with Gasteiger partial charge in [-0.05, 0) is 47.9 Å². The van der Waals surface area contributed by atoms with E-state index in [1.54, 1.807) is 28.8 Å². The summed E-state index contributed by atoms with van der Waals surface area (Å²) in [7, 11) is 0. The van der Waals surface area contributed by atoms with E-state index in [-0.39, 0.29) is 11.7 Å². The molecule has 1 atom stereocenters. The van der Waals surface area contributed by atoms with Crippen LogP contribution in [0, 0.1) is 5.82 Å². The molecule has 7 heteroatoms. The van der Waals surface area contributed by atoms with Crippen molar-refractivity contribution in [3.05, 3.63) is 64.6 Å². The second kappa shape index (κ2) is 8.12. The van der Waals surface area contributed by atoms with Gasteiger partial charge in [0.15, 0.2) is 0 Å². The number of benzene rings is 1. The highest BCUT2D eigenvalue weighted by Crippen LogP contribution is 2.34. The first-order valence-electron chi connectivity index (χ1n) is 8.83. The molecule has 0 amide bonds. The number of halogens is 2. The van der Waals surface area contributed by atoms with Gasteiger partial charge in [0.05, 0.1) is 23.7 Å².